The van der Waals surface area contributed by atoms with Crippen molar-refractivity contribution >= 4 is 29.0 Å². The molecule has 138 valence electrons. The van der Waals surface area contributed by atoms with Crippen LogP contribution in [0, 0.1) is 22.7 Å². The summed E-state index contributed by atoms with van der Waals surface area (Å²) in [6, 6.07) is 15.7. The lowest BCUT2D eigenvalue weighted by Gasteiger charge is -2.14. The smallest absolute Gasteiger partial charge is 0.268 e. The van der Waals surface area contributed by atoms with Crippen LogP contribution in [0.2, 0.25) is 10.0 Å². The van der Waals surface area contributed by atoms with Crippen LogP contribution >= 0.6 is 23.2 Å². The quantitative estimate of drug-likeness (QED) is 0.666. The number of benzene rings is 2. The third-order valence-corrected chi connectivity index (χ3v) is 4.74. The van der Waals surface area contributed by atoms with Crippen LogP contribution in [-0.2, 0) is 6.61 Å². The van der Waals surface area contributed by atoms with Gasteiger partial charge >= 0.3 is 0 Å². The SMILES string of the molecule is N#Cc1c(N)[nH]c(=O)c(C#N)c1-c1ccccc1OCc1ccc(Cl)c(Cl)c1. The van der Waals surface area contributed by atoms with Crippen molar-refractivity contribution in [3.63, 3.8) is 0 Å². The monoisotopic (exact) mass is 410 g/mol. The number of nitrogens with one attached hydrogen (secondary N) is 1. The Bertz CT molecular complexity index is 1210. The maximum absolute atomic E-state index is 12.2. The van der Waals surface area contributed by atoms with Gasteiger partial charge < -0.3 is 15.5 Å². The van der Waals surface area contributed by atoms with Crippen LogP contribution in [0.3, 0.4) is 0 Å². The number of hydrogen-bond acceptors (Lipinski definition) is 5. The highest BCUT2D eigenvalue weighted by molar-refractivity contribution is 6.42. The molecule has 1 aromatic heterocycles. The van der Waals surface area contributed by atoms with Gasteiger partial charge in [0, 0.05) is 11.1 Å². The highest BCUT2D eigenvalue weighted by Crippen LogP contribution is 2.35. The molecule has 3 rings (SSSR count). The van der Waals surface area contributed by atoms with E-state index in [0.29, 0.717) is 21.4 Å². The number of aromatic nitrogens is 1. The van der Waals surface area contributed by atoms with Crippen molar-refractivity contribution in [2.24, 2.45) is 0 Å². The molecule has 0 aliphatic carbocycles. The summed E-state index contributed by atoms with van der Waals surface area (Å²) in [4.78, 5) is 14.5. The minimum Gasteiger partial charge on any atom is -0.488 e. The third kappa shape index (κ3) is 3.65. The minimum atomic E-state index is -0.673. The molecule has 0 atom stereocenters. The molecule has 3 N–H and O–H groups in total. The van der Waals surface area contributed by atoms with E-state index in [2.05, 4.69) is 4.98 Å². The lowest BCUT2D eigenvalue weighted by Crippen LogP contribution is -2.16. The number of nitrogens with zero attached hydrogens (tertiary/aromatic N) is 2. The second-order valence-corrected chi connectivity index (χ2v) is 6.56. The van der Waals surface area contributed by atoms with Gasteiger partial charge in [-0.1, -0.05) is 47.5 Å². The Hall–Kier alpha value is -3.45. The Morgan fingerprint density at radius 3 is 2.43 bits per heavy atom. The fourth-order valence-corrected chi connectivity index (χ4v) is 3.02. The van der Waals surface area contributed by atoms with Crippen molar-refractivity contribution in [1.82, 2.24) is 4.98 Å². The predicted octanol–water partition coefficient (Wildman–Crippen LogP) is 4.25. The molecule has 1 heterocycles. The molecule has 0 fully saturated rings. The van der Waals surface area contributed by atoms with Gasteiger partial charge in [-0.15, -0.1) is 0 Å². The number of anilines is 1. The summed E-state index contributed by atoms with van der Waals surface area (Å²) < 4.78 is 5.88. The van der Waals surface area contributed by atoms with E-state index in [1.807, 2.05) is 12.1 Å². The molecule has 0 aliphatic heterocycles. The Balaban J connectivity index is 2.09. The standard InChI is InChI=1S/C20H12Cl2N4O2/c21-15-6-5-11(7-16(15)22)10-28-17-4-2-1-3-12(17)18-13(8-23)19(25)26-20(27)14(18)9-24/h1-7H,10H2,(H3,25,26,27). The van der Waals surface area contributed by atoms with Gasteiger partial charge in [-0.05, 0) is 23.8 Å². The molecule has 0 aliphatic rings. The number of halogens is 2. The Labute approximate surface area is 170 Å². The molecule has 28 heavy (non-hydrogen) atoms. The van der Waals surface area contributed by atoms with E-state index in [1.54, 1.807) is 42.5 Å². The van der Waals surface area contributed by atoms with E-state index >= 15 is 0 Å². The first-order valence-electron chi connectivity index (χ1n) is 7.98. The number of nitrogen functional groups attached to an aromatic ring is 1. The summed E-state index contributed by atoms with van der Waals surface area (Å²) in [5, 5.41) is 19.8. The van der Waals surface area contributed by atoms with E-state index in [4.69, 9.17) is 33.7 Å². The maximum atomic E-state index is 12.2. The van der Waals surface area contributed by atoms with E-state index in [-0.39, 0.29) is 29.1 Å². The number of nitrogens with two attached hydrogens (primary N) is 1. The third-order valence-electron chi connectivity index (χ3n) is 4.00. The number of para-hydroxylation sites is 1. The second-order valence-electron chi connectivity index (χ2n) is 5.75. The van der Waals surface area contributed by atoms with Crippen molar-refractivity contribution in [3.8, 4) is 29.0 Å². The number of ether oxygens (including phenoxy) is 1. The highest BCUT2D eigenvalue weighted by atomic mass is 35.5. The van der Waals surface area contributed by atoms with Crippen molar-refractivity contribution < 1.29 is 4.74 Å². The van der Waals surface area contributed by atoms with Crippen molar-refractivity contribution in [2.75, 3.05) is 5.73 Å². The van der Waals surface area contributed by atoms with Crippen LogP contribution in [0.4, 0.5) is 5.82 Å². The average molecular weight is 411 g/mol. The lowest BCUT2D eigenvalue weighted by molar-refractivity contribution is 0.307. The second kappa shape index (κ2) is 8.06. The first-order chi connectivity index (χ1) is 13.5. The van der Waals surface area contributed by atoms with E-state index < -0.39 is 5.56 Å². The molecule has 0 unspecified atom stereocenters. The number of rotatable bonds is 4. The molecule has 0 bridgehead atoms. The summed E-state index contributed by atoms with van der Waals surface area (Å²) >= 11 is 11.9. The molecule has 0 saturated heterocycles. The molecule has 2 aromatic carbocycles. The Kier molecular flexibility index (Phi) is 5.56. The molecule has 0 radical (unpaired) electrons. The molecule has 6 nitrogen and oxygen atoms in total. The van der Waals surface area contributed by atoms with Gasteiger partial charge in [0.25, 0.3) is 5.56 Å². The zero-order valence-corrected chi connectivity index (χ0v) is 15.8. The van der Waals surface area contributed by atoms with Gasteiger partial charge in [0.2, 0.25) is 0 Å². The summed E-state index contributed by atoms with van der Waals surface area (Å²) in [6.45, 7) is 0.163. The van der Waals surface area contributed by atoms with Crippen LogP contribution < -0.4 is 16.0 Å². The lowest BCUT2D eigenvalue weighted by atomic mass is 9.96. The van der Waals surface area contributed by atoms with Gasteiger partial charge in [-0.2, -0.15) is 10.5 Å². The first-order valence-corrected chi connectivity index (χ1v) is 8.74. The number of pyridine rings is 1. The zero-order valence-electron chi connectivity index (χ0n) is 14.3. The fraction of sp³-hybridized carbons (Fsp3) is 0.0500. The van der Waals surface area contributed by atoms with E-state index in [0.717, 1.165) is 5.56 Å². The van der Waals surface area contributed by atoms with Crippen LogP contribution in [0.5, 0.6) is 5.75 Å². The predicted molar refractivity (Wildman–Crippen MR) is 107 cm³/mol. The molecule has 0 spiro atoms. The first kappa shape index (κ1) is 19.3. The number of aromatic amines is 1. The molecular weight excluding hydrogens is 399 g/mol. The normalized spacial score (nSPS) is 10.1. The van der Waals surface area contributed by atoms with Crippen molar-refractivity contribution in [3.05, 3.63) is 79.6 Å². The van der Waals surface area contributed by atoms with Crippen LogP contribution in [0.15, 0.2) is 47.3 Å². The van der Waals surface area contributed by atoms with Gasteiger partial charge in [-0.25, -0.2) is 0 Å². The fourth-order valence-electron chi connectivity index (χ4n) is 2.70. The maximum Gasteiger partial charge on any atom is 0.268 e. The van der Waals surface area contributed by atoms with Crippen LogP contribution in [0.25, 0.3) is 11.1 Å². The number of nitriles is 2. The van der Waals surface area contributed by atoms with Crippen molar-refractivity contribution in [2.45, 2.75) is 6.61 Å². The minimum absolute atomic E-state index is 0.00161. The molecular formula is C20H12Cl2N4O2. The summed E-state index contributed by atoms with van der Waals surface area (Å²) in [6.07, 6.45) is 0. The number of H-pyrrole nitrogens is 1. The van der Waals surface area contributed by atoms with Crippen LogP contribution in [-0.4, -0.2) is 4.98 Å². The molecule has 0 saturated carbocycles. The molecule has 0 amide bonds. The molecule has 8 heteroatoms. The van der Waals surface area contributed by atoms with Crippen LogP contribution in [0.1, 0.15) is 16.7 Å². The largest absolute Gasteiger partial charge is 0.488 e. The summed E-state index contributed by atoms with van der Waals surface area (Å²) in [5.74, 6) is 0.271. The zero-order chi connectivity index (χ0) is 20.3. The number of hydrogen-bond donors (Lipinski definition) is 2. The average Bonchev–Trinajstić information content (AvgIpc) is 2.68. The van der Waals surface area contributed by atoms with Gasteiger partial charge in [-0.3, -0.25) is 4.79 Å². The van der Waals surface area contributed by atoms with Crippen molar-refractivity contribution in [1.29, 1.82) is 10.5 Å². The highest BCUT2D eigenvalue weighted by Gasteiger charge is 2.20. The Morgan fingerprint density at radius 1 is 1.04 bits per heavy atom. The topological polar surface area (TPSA) is 116 Å². The van der Waals surface area contributed by atoms with Gasteiger partial charge in [0.15, 0.2) is 0 Å². The summed E-state index contributed by atoms with van der Waals surface area (Å²) in [7, 11) is 0. The van der Waals surface area contributed by atoms with Gasteiger partial charge in [0.1, 0.15) is 41.4 Å². The van der Waals surface area contributed by atoms with Gasteiger partial charge in [0.05, 0.1) is 10.0 Å². The summed E-state index contributed by atoms with van der Waals surface area (Å²) in [5.41, 5.74) is 6.22. The van der Waals surface area contributed by atoms with E-state index in [1.165, 1.54) is 0 Å². The molecule has 3 aromatic rings. The Morgan fingerprint density at radius 2 is 1.75 bits per heavy atom. The van der Waals surface area contributed by atoms with E-state index in [9.17, 15) is 15.3 Å².